The van der Waals surface area contributed by atoms with E-state index in [-0.39, 0.29) is 58.7 Å². The van der Waals surface area contributed by atoms with Crippen LogP contribution in [-0.2, 0) is 6.54 Å². The first-order valence-corrected chi connectivity index (χ1v) is 8.42. The molecule has 0 bridgehead atoms. The summed E-state index contributed by atoms with van der Waals surface area (Å²) >= 11 is 5.70. The molecule has 29 heavy (non-hydrogen) atoms. The van der Waals surface area contributed by atoms with Gasteiger partial charge in [0.25, 0.3) is 11.8 Å². The predicted molar refractivity (Wildman–Crippen MR) is 105 cm³/mol. The van der Waals surface area contributed by atoms with Gasteiger partial charge in [-0.1, -0.05) is 17.7 Å². The van der Waals surface area contributed by atoms with Crippen LogP contribution in [0.4, 0.5) is 14.6 Å². The molecule has 2 heterocycles. The Morgan fingerprint density at radius 3 is 2.55 bits per heavy atom. The van der Waals surface area contributed by atoms with Gasteiger partial charge in [0, 0.05) is 24.4 Å². The first-order valence-electron chi connectivity index (χ1n) is 8.04. The summed E-state index contributed by atoms with van der Waals surface area (Å²) in [6, 6.07) is 6.38. The number of aryl methyl sites for hydroxylation is 1. The first-order chi connectivity index (χ1) is 13.3. The SMILES string of the molecule is Cc1cc(F)c(F)cc1C(=O)Nc1cc(C(=O)NCc2ccc(Cl)nc2)n[nH]1.[NaH]. The number of anilines is 1. The van der Waals surface area contributed by atoms with Gasteiger partial charge in [-0.05, 0) is 36.2 Å². The number of aromatic nitrogens is 3. The Bertz CT molecular complexity index is 1040. The van der Waals surface area contributed by atoms with Gasteiger partial charge in [-0.3, -0.25) is 14.7 Å². The summed E-state index contributed by atoms with van der Waals surface area (Å²) in [5, 5.41) is 11.8. The summed E-state index contributed by atoms with van der Waals surface area (Å²) in [4.78, 5) is 28.3. The van der Waals surface area contributed by atoms with Crippen LogP contribution < -0.4 is 10.6 Å². The van der Waals surface area contributed by atoms with Crippen LogP contribution in [0.3, 0.4) is 0 Å². The summed E-state index contributed by atoms with van der Waals surface area (Å²) in [6.07, 6.45) is 1.53. The van der Waals surface area contributed by atoms with E-state index in [1.807, 2.05) is 0 Å². The van der Waals surface area contributed by atoms with E-state index < -0.39 is 23.4 Å². The number of carbonyl (C=O) groups excluding carboxylic acids is 2. The standard InChI is InChI=1S/C18H14ClF2N5O2.Na.H/c1-9-4-12(20)13(21)5-11(9)17(27)24-16-6-14(25-26-16)18(28)23-8-10-2-3-15(19)22-7-10;;/h2-7H,8H2,1H3,(H,23,28)(H2,24,25,26,27);;. The van der Waals surface area contributed by atoms with E-state index in [2.05, 4.69) is 25.8 Å². The zero-order valence-electron chi connectivity index (χ0n) is 14.5. The topological polar surface area (TPSA) is 99.8 Å². The Kier molecular flexibility index (Phi) is 7.86. The van der Waals surface area contributed by atoms with Crippen molar-refractivity contribution < 1.29 is 18.4 Å². The number of halogens is 3. The molecule has 3 rings (SSSR count). The van der Waals surface area contributed by atoms with E-state index in [0.29, 0.717) is 5.15 Å². The van der Waals surface area contributed by atoms with Crippen LogP contribution in [-0.4, -0.2) is 56.6 Å². The van der Waals surface area contributed by atoms with Crippen molar-refractivity contribution in [2.24, 2.45) is 0 Å². The fourth-order valence-corrected chi connectivity index (χ4v) is 2.48. The second-order valence-corrected chi connectivity index (χ2v) is 6.26. The molecular formula is C18H15ClF2N5NaO2. The molecule has 146 valence electrons. The number of aromatic amines is 1. The van der Waals surface area contributed by atoms with Crippen molar-refractivity contribution in [1.29, 1.82) is 0 Å². The van der Waals surface area contributed by atoms with Crippen LogP contribution in [0.25, 0.3) is 0 Å². The number of rotatable bonds is 5. The summed E-state index contributed by atoms with van der Waals surface area (Å²) in [5.74, 6) is -3.18. The zero-order chi connectivity index (χ0) is 20.3. The zero-order valence-corrected chi connectivity index (χ0v) is 15.3. The Balaban J connectivity index is 0.00000300. The van der Waals surface area contributed by atoms with Gasteiger partial charge >= 0.3 is 29.6 Å². The van der Waals surface area contributed by atoms with Crippen molar-refractivity contribution in [1.82, 2.24) is 20.5 Å². The molecule has 0 atom stereocenters. The van der Waals surface area contributed by atoms with Crippen molar-refractivity contribution in [2.45, 2.75) is 13.5 Å². The van der Waals surface area contributed by atoms with Gasteiger partial charge in [0.2, 0.25) is 0 Å². The van der Waals surface area contributed by atoms with E-state index in [1.165, 1.54) is 19.2 Å². The number of amides is 2. The molecule has 0 fully saturated rings. The quantitative estimate of drug-likeness (QED) is 0.429. The predicted octanol–water partition coefficient (Wildman–Crippen LogP) is 2.58. The van der Waals surface area contributed by atoms with Crippen molar-refractivity contribution in [3.05, 3.63) is 75.7 Å². The summed E-state index contributed by atoms with van der Waals surface area (Å²) in [5.41, 5.74) is 1.02. The van der Waals surface area contributed by atoms with Crippen LogP contribution in [0, 0.1) is 18.6 Å². The number of pyridine rings is 1. The third-order valence-corrected chi connectivity index (χ3v) is 4.04. The molecule has 2 aromatic heterocycles. The Hall–Kier alpha value is -2.33. The van der Waals surface area contributed by atoms with Gasteiger partial charge in [-0.15, -0.1) is 0 Å². The molecule has 11 heteroatoms. The molecule has 0 saturated carbocycles. The minimum atomic E-state index is -1.13. The molecular weight excluding hydrogens is 415 g/mol. The third-order valence-electron chi connectivity index (χ3n) is 3.81. The molecule has 0 unspecified atom stereocenters. The normalized spacial score (nSPS) is 10.2. The molecule has 0 spiro atoms. The number of nitrogens with one attached hydrogen (secondary N) is 3. The van der Waals surface area contributed by atoms with Crippen LogP contribution in [0.15, 0.2) is 36.5 Å². The molecule has 3 aromatic rings. The molecule has 0 aliphatic carbocycles. The summed E-state index contributed by atoms with van der Waals surface area (Å²) < 4.78 is 26.6. The molecule has 2 amide bonds. The molecule has 0 aliphatic heterocycles. The van der Waals surface area contributed by atoms with Gasteiger partial charge < -0.3 is 10.6 Å². The number of hydrogen-bond donors (Lipinski definition) is 3. The van der Waals surface area contributed by atoms with Crippen molar-refractivity contribution in [2.75, 3.05) is 5.32 Å². The van der Waals surface area contributed by atoms with Crippen LogP contribution in [0.1, 0.15) is 32.0 Å². The van der Waals surface area contributed by atoms with Crippen molar-refractivity contribution >= 4 is 58.8 Å². The monoisotopic (exact) mass is 429 g/mol. The average molecular weight is 430 g/mol. The molecule has 7 nitrogen and oxygen atoms in total. The molecule has 0 radical (unpaired) electrons. The number of H-pyrrole nitrogens is 1. The number of nitrogens with zero attached hydrogens (tertiary/aromatic N) is 2. The molecule has 0 saturated heterocycles. The molecule has 0 aliphatic rings. The van der Waals surface area contributed by atoms with Gasteiger partial charge in [0.05, 0.1) is 0 Å². The number of hydrogen-bond acceptors (Lipinski definition) is 4. The average Bonchev–Trinajstić information content (AvgIpc) is 3.12. The fourth-order valence-electron chi connectivity index (χ4n) is 2.37. The van der Waals surface area contributed by atoms with Gasteiger partial charge in [0.15, 0.2) is 17.3 Å². The van der Waals surface area contributed by atoms with Crippen molar-refractivity contribution in [3.63, 3.8) is 0 Å². The Morgan fingerprint density at radius 1 is 1.14 bits per heavy atom. The maximum absolute atomic E-state index is 13.4. The van der Waals surface area contributed by atoms with Crippen LogP contribution in [0.2, 0.25) is 5.15 Å². The fraction of sp³-hybridized carbons (Fsp3) is 0.111. The van der Waals surface area contributed by atoms with E-state index in [1.54, 1.807) is 12.1 Å². The summed E-state index contributed by atoms with van der Waals surface area (Å²) in [7, 11) is 0. The first kappa shape index (κ1) is 23.0. The second-order valence-electron chi connectivity index (χ2n) is 5.87. The minimum absolute atomic E-state index is 0. The maximum atomic E-state index is 13.4. The van der Waals surface area contributed by atoms with Crippen molar-refractivity contribution in [3.8, 4) is 0 Å². The summed E-state index contributed by atoms with van der Waals surface area (Å²) in [6.45, 7) is 1.69. The van der Waals surface area contributed by atoms with E-state index in [0.717, 1.165) is 17.7 Å². The van der Waals surface area contributed by atoms with Crippen LogP contribution >= 0.6 is 11.6 Å². The van der Waals surface area contributed by atoms with Gasteiger partial charge in [-0.25, -0.2) is 13.8 Å². The van der Waals surface area contributed by atoms with Gasteiger partial charge in [-0.2, -0.15) is 5.10 Å². The van der Waals surface area contributed by atoms with Gasteiger partial charge in [0.1, 0.15) is 11.0 Å². The second kappa shape index (κ2) is 9.93. The molecule has 1 aromatic carbocycles. The third kappa shape index (κ3) is 5.83. The Morgan fingerprint density at radius 2 is 1.86 bits per heavy atom. The van der Waals surface area contributed by atoms with Crippen LogP contribution in [0.5, 0.6) is 0 Å². The van der Waals surface area contributed by atoms with E-state index in [4.69, 9.17) is 11.6 Å². The number of carbonyl (C=O) groups is 2. The Labute approximate surface area is 191 Å². The number of benzene rings is 1. The van der Waals surface area contributed by atoms with E-state index >= 15 is 0 Å². The van der Waals surface area contributed by atoms with E-state index in [9.17, 15) is 18.4 Å². The molecule has 3 N–H and O–H groups in total.